The lowest BCUT2D eigenvalue weighted by Gasteiger charge is -2.26. The van der Waals surface area contributed by atoms with E-state index in [0.717, 1.165) is 50.8 Å². The van der Waals surface area contributed by atoms with E-state index in [1.165, 1.54) is 7.11 Å². The molecule has 0 spiro atoms. The topological polar surface area (TPSA) is 87.7 Å². The van der Waals surface area contributed by atoms with Crippen molar-refractivity contribution in [3.8, 4) is 0 Å². The molecule has 154 valence electrons. The summed E-state index contributed by atoms with van der Waals surface area (Å²) in [6, 6.07) is 0.671. The molecule has 2 saturated heterocycles. The molecule has 27 heavy (non-hydrogen) atoms. The van der Waals surface area contributed by atoms with Crippen molar-refractivity contribution in [2.24, 2.45) is 0 Å². The van der Waals surface area contributed by atoms with Crippen LogP contribution in [0.15, 0.2) is 0 Å². The fourth-order valence-electron chi connectivity index (χ4n) is 3.83. The van der Waals surface area contributed by atoms with Gasteiger partial charge in [0.05, 0.1) is 19.2 Å². The van der Waals surface area contributed by atoms with Crippen molar-refractivity contribution in [1.82, 2.24) is 15.5 Å². The second-order valence-corrected chi connectivity index (χ2v) is 8.46. The van der Waals surface area contributed by atoms with Gasteiger partial charge in [0.2, 0.25) is 5.91 Å². The maximum Gasteiger partial charge on any atom is 0.318 e. The monoisotopic (exact) mass is 399 g/mol. The number of carbonyl (C=O) groups excluding carboxylic acids is 3. The average Bonchev–Trinajstić information content (AvgIpc) is 3.19. The predicted octanol–water partition coefficient (Wildman–Crippen LogP) is 2.29. The minimum atomic E-state index is -0.175. The van der Waals surface area contributed by atoms with Crippen LogP contribution in [0.4, 0.5) is 4.79 Å². The lowest BCUT2D eigenvalue weighted by molar-refractivity contribution is -0.140. The second kappa shape index (κ2) is 11.4. The molecular formula is C19H33N3O4S. The Balaban J connectivity index is 1.51. The molecule has 2 N–H and O–H groups in total. The minimum Gasteiger partial charge on any atom is -0.469 e. The van der Waals surface area contributed by atoms with Crippen LogP contribution in [0.3, 0.4) is 0 Å². The van der Waals surface area contributed by atoms with Gasteiger partial charge in [0.15, 0.2) is 0 Å². The number of ether oxygens (including phenoxy) is 1. The smallest absolute Gasteiger partial charge is 0.318 e. The Morgan fingerprint density at radius 2 is 2.00 bits per heavy atom. The molecule has 2 aliphatic heterocycles. The molecule has 8 heteroatoms. The van der Waals surface area contributed by atoms with E-state index in [-0.39, 0.29) is 23.9 Å². The van der Waals surface area contributed by atoms with Crippen LogP contribution in [0.5, 0.6) is 0 Å². The first-order valence-corrected chi connectivity index (χ1v) is 11.1. The van der Waals surface area contributed by atoms with E-state index in [0.29, 0.717) is 30.7 Å². The van der Waals surface area contributed by atoms with Crippen molar-refractivity contribution >= 4 is 29.7 Å². The van der Waals surface area contributed by atoms with Gasteiger partial charge in [0.25, 0.3) is 0 Å². The standard InChI is InChI=1S/C19H33N3O4S/c1-3-22-18-14(21-19(22)25)13-27-15(18)9-6-7-10-16(23)20-12-8-4-5-11-17(24)26-2/h14-15,18H,3-13H2,1-2H3,(H,20,23)(H,21,25). The molecule has 2 fully saturated rings. The van der Waals surface area contributed by atoms with Gasteiger partial charge in [-0.15, -0.1) is 0 Å². The van der Waals surface area contributed by atoms with E-state index in [1.807, 2.05) is 23.6 Å². The summed E-state index contributed by atoms with van der Waals surface area (Å²) in [6.45, 7) is 3.45. The summed E-state index contributed by atoms with van der Waals surface area (Å²) in [6.07, 6.45) is 6.56. The molecule has 0 aliphatic carbocycles. The van der Waals surface area contributed by atoms with Crippen molar-refractivity contribution in [3.05, 3.63) is 0 Å². The Hall–Kier alpha value is -1.44. The molecule has 3 amide bonds. The van der Waals surface area contributed by atoms with Gasteiger partial charge in [-0.3, -0.25) is 9.59 Å². The fourth-order valence-corrected chi connectivity index (χ4v) is 5.44. The van der Waals surface area contributed by atoms with Crippen LogP contribution < -0.4 is 10.6 Å². The number of carbonyl (C=O) groups is 3. The van der Waals surface area contributed by atoms with Gasteiger partial charge < -0.3 is 20.3 Å². The second-order valence-electron chi connectivity index (χ2n) is 7.19. The molecule has 0 bridgehead atoms. The number of nitrogens with one attached hydrogen (secondary N) is 2. The largest absolute Gasteiger partial charge is 0.469 e. The number of unbranched alkanes of at least 4 members (excludes halogenated alkanes) is 3. The number of likely N-dealkylation sites (N-methyl/N-ethyl adjacent to an activating group) is 1. The fraction of sp³-hybridized carbons (Fsp3) is 0.842. The van der Waals surface area contributed by atoms with E-state index < -0.39 is 0 Å². The zero-order valence-electron chi connectivity index (χ0n) is 16.5. The number of esters is 1. The number of urea groups is 1. The highest BCUT2D eigenvalue weighted by atomic mass is 32.2. The molecule has 0 radical (unpaired) electrons. The van der Waals surface area contributed by atoms with Crippen LogP contribution in [-0.4, -0.2) is 66.1 Å². The Kier molecular flexibility index (Phi) is 9.24. The molecule has 0 aromatic carbocycles. The summed E-state index contributed by atoms with van der Waals surface area (Å²) >= 11 is 1.95. The van der Waals surface area contributed by atoms with Crippen LogP contribution in [0.1, 0.15) is 58.3 Å². The van der Waals surface area contributed by atoms with Crippen LogP contribution >= 0.6 is 11.8 Å². The minimum absolute atomic E-state index is 0.0729. The number of rotatable bonds is 12. The van der Waals surface area contributed by atoms with Crippen molar-refractivity contribution in [2.45, 2.75) is 75.6 Å². The van der Waals surface area contributed by atoms with Crippen molar-refractivity contribution < 1.29 is 19.1 Å². The quantitative estimate of drug-likeness (QED) is 0.299. The number of thioether (sulfide) groups is 1. The van der Waals surface area contributed by atoms with E-state index in [4.69, 9.17) is 0 Å². The number of nitrogens with zero attached hydrogens (tertiary/aromatic N) is 1. The van der Waals surface area contributed by atoms with Crippen LogP contribution in [-0.2, 0) is 14.3 Å². The lowest BCUT2D eigenvalue weighted by Crippen LogP contribution is -2.40. The first kappa shape index (κ1) is 21.9. The summed E-state index contributed by atoms with van der Waals surface area (Å²) in [5.74, 6) is 0.923. The van der Waals surface area contributed by atoms with E-state index in [2.05, 4.69) is 15.4 Å². The van der Waals surface area contributed by atoms with Gasteiger partial charge in [0, 0.05) is 36.9 Å². The molecule has 0 saturated carbocycles. The first-order chi connectivity index (χ1) is 13.1. The molecule has 3 unspecified atom stereocenters. The van der Waals surface area contributed by atoms with Gasteiger partial charge in [-0.2, -0.15) is 11.8 Å². The third kappa shape index (κ3) is 6.59. The SMILES string of the molecule is CCN1C(=O)NC2CSC(CCCCC(=O)NCCCCCC(=O)OC)C21. The van der Waals surface area contributed by atoms with E-state index in [1.54, 1.807) is 0 Å². The highest BCUT2D eigenvalue weighted by Gasteiger charge is 2.47. The van der Waals surface area contributed by atoms with Crippen LogP contribution in [0.2, 0.25) is 0 Å². The first-order valence-electron chi connectivity index (χ1n) is 10.1. The summed E-state index contributed by atoms with van der Waals surface area (Å²) in [5.41, 5.74) is 0. The Morgan fingerprint density at radius 3 is 2.74 bits per heavy atom. The molecule has 2 heterocycles. The zero-order valence-corrected chi connectivity index (χ0v) is 17.3. The van der Waals surface area contributed by atoms with Crippen molar-refractivity contribution in [3.63, 3.8) is 0 Å². The molecular weight excluding hydrogens is 366 g/mol. The molecule has 2 aliphatic rings. The number of hydrogen-bond donors (Lipinski definition) is 2. The Bertz CT molecular complexity index is 517. The van der Waals surface area contributed by atoms with Crippen LogP contribution in [0.25, 0.3) is 0 Å². The molecule has 2 rings (SSSR count). The van der Waals surface area contributed by atoms with E-state index >= 15 is 0 Å². The maximum atomic E-state index is 11.9. The number of hydrogen-bond acceptors (Lipinski definition) is 5. The number of amides is 3. The van der Waals surface area contributed by atoms with Gasteiger partial charge in [-0.1, -0.05) is 12.8 Å². The highest BCUT2D eigenvalue weighted by molar-refractivity contribution is 8.00. The third-order valence-corrected chi connectivity index (χ3v) is 6.80. The van der Waals surface area contributed by atoms with Crippen LogP contribution in [0, 0.1) is 0 Å². The van der Waals surface area contributed by atoms with Gasteiger partial charge in [0.1, 0.15) is 0 Å². The van der Waals surface area contributed by atoms with Gasteiger partial charge in [-0.25, -0.2) is 4.79 Å². The molecule has 0 aromatic rings. The third-order valence-electron chi connectivity index (χ3n) is 5.30. The average molecular weight is 400 g/mol. The molecule has 0 aromatic heterocycles. The van der Waals surface area contributed by atoms with Crippen molar-refractivity contribution in [2.75, 3.05) is 26.0 Å². The lowest BCUT2D eigenvalue weighted by atomic mass is 10.0. The van der Waals surface area contributed by atoms with Crippen molar-refractivity contribution in [1.29, 1.82) is 0 Å². The highest BCUT2D eigenvalue weighted by Crippen LogP contribution is 2.37. The normalized spacial score (nSPS) is 23.9. The molecule has 7 nitrogen and oxygen atoms in total. The zero-order chi connectivity index (χ0) is 19.6. The Labute approximate surface area is 166 Å². The van der Waals surface area contributed by atoms with Gasteiger partial charge in [-0.05, 0) is 32.6 Å². The van der Waals surface area contributed by atoms with Gasteiger partial charge >= 0.3 is 12.0 Å². The summed E-state index contributed by atoms with van der Waals surface area (Å²) in [4.78, 5) is 36.8. The summed E-state index contributed by atoms with van der Waals surface area (Å²) < 4.78 is 4.59. The number of methoxy groups -OCH3 is 1. The number of fused-ring (bicyclic) bond motifs is 1. The molecule has 3 atom stereocenters. The summed E-state index contributed by atoms with van der Waals surface area (Å²) in [7, 11) is 1.40. The van der Waals surface area contributed by atoms with E-state index in [9.17, 15) is 14.4 Å². The maximum absolute atomic E-state index is 11.9. The Morgan fingerprint density at radius 1 is 1.22 bits per heavy atom. The summed E-state index contributed by atoms with van der Waals surface area (Å²) in [5, 5.41) is 6.51. The predicted molar refractivity (Wildman–Crippen MR) is 107 cm³/mol.